The Morgan fingerprint density at radius 3 is 2.61 bits per heavy atom. The highest BCUT2D eigenvalue weighted by atomic mass is 35.5. The van der Waals surface area contributed by atoms with E-state index in [9.17, 15) is 27.6 Å². The molecular formula is C19H13ClF3N5O3S2. The van der Waals surface area contributed by atoms with Crippen molar-refractivity contribution >= 4 is 55.7 Å². The van der Waals surface area contributed by atoms with Gasteiger partial charge in [0.1, 0.15) is 4.83 Å². The van der Waals surface area contributed by atoms with Crippen LogP contribution in [0.4, 0.5) is 18.3 Å². The summed E-state index contributed by atoms with van der Waals surface area (Å²) in [5, 5.41) is 4.11. The molecule has 1 amide bonds. The number of hydrogen-bond acceptors (Lipinski definition) is 7. The van der Waals surface area contributed by atoms with Gasteiger partial charge in [-0.25, -0.2) is 9.78 Å². The fourth-order valence-corrected chi connectivity index (χ4v) is 5.00. The maximum absolute atomic E-state index is 12.9. The number of benzene rings is 1. The minimum Gasteiger partial charge on any atom is -0.302 e. The molecule has 0 aliphatic rings. The summed E-state index contributed by atoms with van der Waals surface area (Å²) >= 11 is 7.78. The first kappa shape index (κ1) is 23.1. The van der Waals surface area contributed by atoms with Gasteiger partial charge in [0.2, 0.25) is 5.91 Å². The second-order valence-corrected chi connectivity index (χ2v) is 8.99. The summed E-state index contributed by atoms with van der Waals surface area (Å²) in [6.45, 7) is 0. The molecule has 0 atom stereocenters. The van der Waals surface area contributed by atoms with Gasteiger partial charge in [0.15, 0.2) is 5.13 Å². The summed E-state index contributed by atoms with van der Waals surface area (Å²) in [6, 6.07) is 3.28. The van der Waals surface area contributed by atoms with Crippen LogP contribution in [-0.4, -0.2) is 24.4 Å². The van der Waals surface area contributed by atoms with Crippen molar-refractivity contribution in [2.24, 2.45) is 14.1 Å². The minimum atomic E-state index is -4.57. The number of anilines is 1. The normalized spacial score (nSPS) is 11.8. The standard InChI is InChI=1S/C19H13ClF3N5O3S2/c1-27-15(30)14-11(26-33-16(14)28(2)18(27)31)6-13(29)25-17-24-12(7-32-17)8-3-4-9(10(20)5-8)19(21,22)23/h3-5,7H,6H2,1-2H3,(H,24,25,29). The molecule has 1 aromatic carbocycles. The zero-order valence-electron chi connectivity index (χ0n) is 16.9. The molecule has 0 saturated heterocycles. The monoisotopic (exact) mass is 515 g/mol. The third-order valence-electron chi connectivity index (χ3n) is 4.79. The number of nitrogens with one attached hydrogen (secondary N) is 1. The molecule has 0 saturated carbocycles. The lowest BCUT2D eigenvalue weighted by Gasteiger charge is -2.09. The Morgan fingerprint density at radius 2 is 1.94 bits per heavy atom. The van der Waals surface area contributed by atoms with Gasteiger partial charge in [0.25, 0.3) is 5.56 Å². The number of carbonyl (C=O) groups is 1. The molecule has 0 bridgehead atoms. The van der Waals surface area contributed by atoms with Crippen molar-refractivity contribution in [1.82, 2.24) is 18.5 Å². The number of nitrogens with zero attached hydrogens (tertiary/aromatic N) is 4. The van der Waals surface area contributed by atoms with Crippen LogP contribution < -0.4 is 16.6 Å². The Labute approximate surface area is 196 Å². The molecule has 33 heavy (non-hydrogen) atoms. The van der Waals surface area contributed by atoms with Crippen LogP contribution in [0.2, 0.25) is 5.02 Å². The molecule has 4 rings (SSSR count). The molecule has 4 aromatic rings. The number of thiazole rings is 1. The molecule has 0 aliphatic heterocycles. The van der Waals surface area contributed by atoms with Crippen molar-refractivity contribution in [2.75, 3.05) is 5.32 Å². The Bertz CT molecular complexity index is 1520. The lowest BCUT2D eigenvalue weighted by Crippen LogP contribution is -2.36. The van der Waals surface area contributed by atoms with E-state index in [-0.39, 0.29) is 22.6 Å². The molecule has 3 heterocycles. The molecule has 0 fully saturated rings. The summed E-state index contributed by atoms with van der Waals surface area (Å²) in [5.74, 6) is -0.496. The molecular weight excluding hydrogens is 503 g/mol. The zero-order chi connectivity index (χ0) is 24.1. The van der Waals surface area contributed by atoms with Crippen LogP contribution >= 0.6 is 34.5 Å². The lowest BCUT2D eigenvalue weighted by atomic mass is 10.1. The molecule has 0 aliphatic carbocycles. The van der Waals surface area contributed by atoms with Crippen LogP contribution in [0.15, 0.2) is 33.2 Å². The first-order valence-corrected chi connectivity index (χ1v) is 11.2. The number of alkyl halides is 3. The first-order chi connectivity index (χ1) is 15.5. The van der Waals surface area contributed by atoms with E-state index in [1.807, 2.05) is 0 Å². The van der Waals surface area contributed by atoms with Gasteiger partial charge in [-0.2, -0.15) is 17.5 Å². The van der Waals surface area contributed by atoms with E-state index < -0.39 is 33.9 Å². The number of rotatable bonds is 4. The van der Waals surface area contributed by atoms with Crippen molar-refractivity contribution in [3.05, 3.63) is 60.7 Å². The van der Waals surface area contributed by atoms with E-state index in [2.05, 4.69) is 14.7 Å². The first-order valence-electron chi connectivity index (χ1n) is 9.14. The van der Waals surface area contributed by atoms with Crippen molar-refractivity contribution < 1.29 is 18.0 Å². The molecule has 1 N–H and O–H groups in total. The number of aryl methyl sites for hydroxylation is 1. The summed E-state index contributed by atoms with van der Waals surface area (Å²) < 4.78 is 45.0. The van der Waals surface area contributed by atoms with Crippen LogP contribution in [-0.2, 0) is 31.5 Å². The number of aromatic nitrogens is 4. The Balaban J connectivity index is 1.54. The van der Waals surface area contributed by atoms with Gasteiger partial charge in [-0.1, -0.05) is 17.7 Å². The molecule has 14 heteroatoms. The zero-order valence-corrected chi connectivity index (χ0v) is 19.2. The SMILES string of the molecule is Cn1c(=O)c2c(CC(=O)Nc3nc(-c4ccc(C(F)(F)F)c(Cl)c4)cs3)nsc2n(C)c1=O. The van der Waals surface area contributed by atoms with Gasteiger partial charge in [-0.15, -0.1) is 11.3 Å². The highest BCUT2D eigenvalue weighted by molar-refractivity contribution is 7.14. The number of halogens is 4. The van der Waals surface area contributed by atoms with E-state index >= 15 is 0 Å². The fraction of sp³-hybridized carbons (Fsp3) is 0.211. The van der Waals surface area contributed by atoms with E-state index in [0.717, 1.165) is 39.6 Å². The number of hydrogen-bond donors (Lipinski definition) is 1. The highest BCUT2D eigenvalue weighted by Crippen LogP contribution is 2.37. The van der Waals surface area contributed by atoms with E-state index in [4.69, 9.17) is 11.6 Å². The maximum atomic E-state index is 12.9. The van der Waals surface area contributed by atoms with Gasteiger partial charge in [0, 0.05) is 25.0 Å². The van der Waals surface area contributed by atoms with Gasteiger partial charge in [0.05, 0.1) is 33.8 Å². The Kier molecular flexibility index (Phi) is 5.88. The average Bonchev–Trinajstić information content (AvgIpc) is 3.37. The largest absolute Gasteiger partial charge is 0.417 e. The van der Waals surface area contributed by atoms with E-state index in [1.54, 1.807) is 5.38 Å². The van der Waals surface area contributed by atoms with Crippen molar-refractivity contribution in [1.29, 1.82) is 0 Å². The topological polar surface area (TPSA) is 98.9 Å². The predicted octanol–water partition coefficient (Wildman–Crippen LogP) is 3.67. The Morgan fingerprint density at radius 1 is 1.21 bits per heavy atom. The second-order valence-electron chi connectivity index (χ2n) is 6.97. The van der Waals surface area contributed by atoms with Gasteiger partial charge >= 0.3 is 11.9 Å². The van der Waals surface area contributed by atoms with Gasteiger partial charge in [-0.05, 0) is 23.7 Å². The molecule has 0 spiro atoms. The number of carbonyl (C=O) groups excluding carboxylic acids is 1. The molecule has 0 unspecified atom stereocenters. The molecule has 172 valence electrons. The highest BCUT2D eigenvalue weighted by Gasteiger charge is 2.33. The minimum absolute atomic E-state index is 0.193. The average molecular weight is 516 g/mol. The lowest BCUT2D eigenvalue weighted by molar-refractivity contribution is -0.137. The summed E-state index contributed by atoms with van der Waals surface area (Å²) in [6.07, 6.45) is -4.79. The third kappa shape index (κ3) is 4.30. The number of amides is 1. The van der Waals surface area contributed by atoms with Crippen molar-refractivity contribution in [2.45, 2.75) is 12.6 Å². The van der Waals surface area contributed by atoms with Crippen molar-refractivity contribution in [3.63, 3.8) is 0 Å². The maximum Gasteiger partial charge on any atom is 0.417 e. The van der Waals surface area contributed by atoms with Gasteiger partial charge in [-0.3, -0.25) is 18.7 Å². The van der Waals surface area contributed by atoms with Crippen LogP contribution in [0.5, 0.6) is 0 Å². The Hall–Kier alpha value is -3.03. The van der Waals surface area contributed by atoms with E-state index in [1.165, 1.54) is 24.7 Å². The molecule has 0 radical (unpaired) electrons. The summed E-state index contributed by atoms with van der Waals surface area (Å²) in [5.41, 5.74) is -1.05. The third-order valence-corrected chi connectivity index (χ3v) is 6.82. The smallest absolute Gasteiger partial charge is 0.302 e. The van der Waals surface area contributed by atoms with Crippen LogP contribution in [0.3, 0.4) is 0 Å². The summed E-state index contributed by atoms with van der Waals surface area (Å²) in [7, 11) is 2.85. The second kappa shape index (κ2) is 8.39. The van der Waals surface area contributed by atoms with Crippen LogP contribution in [0.1, 0.15) is 11.3 Å². The molecule has 8 nitrogen and oxygen atoms in total. The predicted molar refractivity (Wildman–Crippen MR) is 120 cm³/mol. The quantitative estimate of drug-likeness (QED) is 0.447. The van der Waals surface area contributed by atoms with Crippen LogP contribution in [0.25, 0.3) is 21.5 Å². The number of fused-ring (bicyclic) bond motifs is 1. The summed E-state index contributed by atoms with van der Waals surface area (Å²) in [4.78, 5) is 41.6. The van der Waals surface area contributed by atoms with E-state index in [0.29, 0.717) is 16.1 Å². The van der Waals surface area contributed by atoms with Gasteiger partial charge < -0.3 is 5.32 Å². The van der Waals surface area contributed by atoms with Crippen LogP contribution in [0, 0.1) is 0 Å². The fourth-order valence-electron chi connectivity index (χ4n) is 3.13. The van der Waals surface area contributed by atoms with Crippen molar-refractivity contribution in [3.8, 4) is 11.3 Å². The molecule has 3 aromatic heterocycles.